The summed E-state index contributed by atoms with van der Waals surface area (Å²) >= 11 is 7.32. The third kappa shape index (κ3) is 7.42. The van der Waals surface area contributed by atoms with Crippen LogP contribution in [0.5, 0.6) is 0 Å². The summed E-state index contributed by atoms with van der Waals surface area (Å²) in [6, 6.07) is 20.2. The highest BCUT2D eigenvalue weighted by molar-refractivity contribution is 7.99. The number of rotatable bonds is 8. The number of nitrogens with zero attached hydrogens (tertiary/aromatic N) is 3. The molecule has 39 heavy (non-hydrogen) atoms. The zero-order chi connectivity index (χ0) is 28.2. The van der Waals surface area contributed by atoms with Gasteiger partial charge in [0.25, 0.3) is 0 Å². The summed E-state index contributed by atoms with van der Waals surface area (Å²) in [4.78, 5) is 21.3. The minimum atomic E-state index is -4.55. The van der Waals surface area contributed by atoms with E-state index in [-0.39, 0.29) is 22.4 Å². The molecule has 0 radical (unpaired) electrons. The summed E-state index contributed by atoms with van der Waals surface area (Å²) in [5.74, 6) is -0.311. The Balaban J connectivity index is 1.77. The van der Waals surface area contributed by atoms with Crippen LogP contribution in [0, 0.1) is 0 Å². The van der Waals surface area contributed by atoms with Crippen molar-refractivity contribution >= 4 is 29.3 Å². The van der Waals surface area contributed by atoms with Crippen LogP contribution in [0.15, 0.2) is 83.1 Å². The highest BCUT2D eigenvalue weighted by Crippen LogP contribution is 2.40. The van der Waals surface area contributed by atoms with Gasteiger partial charge in [0.1, 0.15) is 10.6 Å². The molecule has 0 bridgehead atoms. The molecule has 0 N–H and O–H groups in total. The first-order valence-corrected chi connectivity index (χ1v) is 13.5. The largest absolute Gasteiger partial charge is 0.460 e. The first kappa shape index (κ1) is 28.7. The van der Waals surface area contributed by atoms with E-state index in [0.29, 0.717) is 23.8 Å². The Morgan fingerprint density at radius 2 is 1.62 bits per heavy atom. The molecule has 0 aliphatic carbocycles. The maximum absolute atomic E-state index is 13.2. The molecule has 0 aliphatic heterocycles. The lowest BCUT2D eigenvalue weighted by Crippen LogP contribution is -2.23. The van der Waals surface area contributed by atoms with E-state index in [9.17, 15) is 18.0 Å². The van der Waals surface area contributed by atoms with Crippen LogP contribution in [0.25, 0.3) is 22.5 Å². The van der Waals surface area contributed by atoms with Gasteiger partial charge in [0, 0.05) is 30.3 Å². The van der Waals surface area contributed by atoms with Crippen LogP contribution < -0.4 is 0 Å². The summed E-state index contributed by atoms with van der Waals surface area (Å²) in [6.07, 6.45) is -3.14. The van der Waals surface area contributed by atoms with Gasteiger partial charge in [-0.3, -0.25) is 4.79 Å². The molecule has 0 fully saturated rings. The number of esters is 1. The monoisotopic (exact) mass is 573 g/mol. The third-order valence-electron chi connectivity index (χ3n) is 5.53. The van der Waals surface area contributed by atoms with E-state index in [1.54, 1.807) is 0 Å². The van der Waals surface area contributed by atoms with Crippen molar-refractivity contribution in [3.05, 3.63) is 83.5 Å². The Morgan fingerprint density at radius 1 is 1.00 bits per heavy atom. The Bertz CT molecular complexity index is 1440. The quantitative estimate of drug-likeness (QED) is 0.198. The molecular weight excluding hydrogens is 547 g/mol. The number of hydrogen-bond acceptors (Lipinski definition) is 5. The summed E-state index contributed by atoms with van der Waals surface area (Å²) in [6.45, 7) is 5.85. The fourth-order valence-electron chi connectivity index (χ4n) is 3.92. The lowest BCUT2D eigenvalue weighted by Gasteiger charge is -2.19. The molecule has 2 aromatic carbocycles. The summed E-state index contributed by atoms with van der Waals surface area (Å²) in [5, 5.41) is 0.564. The van der Waals surface area contributed by atoms with Crippen LogP contribution in [0.2, 0.25) is 5.02 Å². The number of hydrogen-bond donors (Lipinski definition) is 0. The van der Waals surface area contributed by atoms with Gasteiger partial charge >= 0.3 is 12.1 Å². The number of aromatic nitrogens is 3. The van der Waals surface area contributed by atoms with Gasteiger partial charge in [-0.05, 0) is 45.0 Å². The maximum atomic E-state index is 13.2. The molecule has 0 atom stereocenters. The molecule has 0 spiro atoms. The molecular formula is C29H27ClF3N3O2S. The zero-order valence-electron chi connectivity index (χ0n) is 21.6. The van der Waals surface area contributed by atoms with Gasteiger partial charge in [-0.1, -0.05) is 72.3 Å². The van der Waals surface area contributed by atoms with Gasteiger partial charge in [-0.15, -0.1) is 0 Å². The molecule has 0 aliphatic rings. The summed E-state index contributed by atoms with van der Waals surface area (Å²) in [7, 11) is 0. The standard InChI is InChI=1S/C29H27ClF3N3O2S/c1-28(2,3)38-23(37)15-10-16-36-25(20-13-8-5-9-14-20)24(19-11-6-4-7-12-19)35-27(36)39-26-22(30)17-21(18-34-26)29(31,32)33/h4-9,11-14,17-18H,10,15-16H2,1-3H3. The molecule has 0 saturated carbocycles. The smallest absolute Gasteiger partial charge is 0.417 e. The van der Waals surface area contributed by atoms with Crippen molar-refractivity contribution in [1.82, 2.24) is 14.5 Å². The summed E-state index contributed by atoms with van der Waals surface area (Å²) < 4.78 is 46.9. The van der Waals surface area contributed by atoms with E-state index in [0.717, 1.165) is 40.8 Å². The molecule has 204 valence electrons. The lowest BCUT2D eigenvalue weighted by molar-refractivity contribution is -0.155. The first-order valence-electron chi connectivity index (χ1n) is 12.3. The average molecular weight is 574 g/mol. The summed E-state index contributed by atoms with van der Waals surface area (Å²) in [5.41, 5.74) is 1.77. The highest BCUT2D eigenvalue weighted by atomic mass is 35.5. The third-order valence-corrected chi connectivity index (χ3v) is 6.95. The van der Waals surface area contributed by atoms with Gasteiger partial charge in [-0.2, -0.15) is 13.2 Å². The van der Waals surface area contributed by atoms with E-state index in [2.05, 4.69) is 4.98 Å². The van der Waals surface area contributed by atoms with Crippen LogP contribution in [0.1, 0.15) is 39.2 Å². The van der Waals surface area contributed by atoms with Crippen molar-refractivity contribution in [3.8, 4) is 22.5 Å². The fourth-order valence-corrected chi connectivity index (χ4v) is 5.07. The second-order valence-corrected chi connectivity index (χ2v) is 11.1. The molecule has 0 saturated heterocycles. The van der Waals surface area contributed by atoms with Crippen LogP contribution in [-0.4, -0.2) is 26.1 Å². The van der Waals surface area contributed by atoms with Crippen molar-refractivity contribution in [2.75, 3.05) is 0 Å². The SMILES string of the molecule is CC(C)(C)OC(=O)CCCn1c(Sc2ncc(C(F)(F)F)cc2Cl)nc(-c2ccccc2)c1-c1ccccc1. The van der Waals surface area contributed by atoms with Crippen LogP contribution in [0.3, 0.4) is 0 Å². The molecule has 2 heterocycles. The van der Waals surface area contributed by atoms with Crippen molar-refractivity contribution in [3.63, 3.8) is 0 Å². The predicted molar refractivity (Wildman–Crippen MR) is 147 cm³/mol. The second kappa shape index (κ2) is 11.8. The van der Waals surface area contributed by atoms with Crippen molar-refractivity contribution in [1.29, 1.82) is 0 Å². The Kier molecular flexibility index (Phi) is 8.71. The zero-order valence-corrected chi connectivity index (χ0v) is 23.2. The topological polar surface area (TPSA) is 57.0 Å². The van der Waals surface area contributed by atoms with E-state index < -0.39 is 17.3 Å². The van der Waals surface area contributed by atoms with Gasteiger partial charge in [0.2, 0.25) is 0 Å². The molecule has 0 amide bonds. The molecule has 4 aromatic rings. The van der Waals surface area contributed by atoms with E-state index >= 15 is 0 Å². The molecule has 2 aromatic heterocycles. The number of carbonyl (C=O) groups is 1. The van der Waals surface area contributed by atoms with Crippen molar-refractivity contribution in [2.45, 2.75) is 62.1 Å². The Labute approximate surface area is 234 Å². The maximum Gasteiger partial charge on any atom is 0.417 e. The van der Waals surface area contributed by atoms with Crippen LogP contribution in [0.4, 0.5) is 13.2 Å². The Morgan fingerprint density at radius 3 is 2.18 bits per heavy atom. The first-order chi connectivity index (χ1) is 18.4. The van der Waals surface area contributed by atoms with Gasteiger partial charge < -0.3 is 9.30 Å². The number of imidazole rings is 1. The van der Waals surface area contributed by atoms with Crippen LogP contribution in [-0.2, 0) is 22.3 Å². The minimum absolute atomic E-state index is 0.124. The number of halogens is 4. The van der Waals surface area contributed by atoms with Crippen molar-refractivity contribution < 1.29 is 22.7 Å². The van der Waals surface area contributed by atoms with Crippen LogP contribution >= 0.6 is 23.4 Å². The number of pyridine rings is 1. The van der Waals surface area contributed by atoms with E-state index in [1.807, 2.05) is 86.0 Å². The van der Waals surface area contributed by atoms with E-state index in [4.69, 9.17) is 21.3 Å². The number of alkyl halides is 3. The number of carbonyl (C=O) groups excluding carboxylic acids is 1. The predicted octanol–water partition coefficient (Wildman–Crippen LogP) is 8.56. The molecule has 10 heteroatoms. The van der Waals surface area contributed by atoms with Gasteiger partial charge in [0.05, 0.1) is 22.0 Å². The van der Waals surface area contributed by atoms with Crippen molar-refractivity contribution in [2.24, 2.45) is 0 Å². The Hall–Kier alpha value is -3.30. The molecule has 0 unspecified atom stereocenters. The minimum Gasteiger partial charge on any atom is -0.460 e. The highest BCUT2D eigenvalue weighted by Gasteiger charge is 2.32. The number of ether oxygens (including phenoxy) is 1. The molecule has 4 rings (SSSR count). The fraction of sp³-hybridized carbons (Fsp3) is 0.276. The van der Waals surface area contributed by atoms with E-state index in [1.165, 1.54) is 0 Å². The van der Waals surface area contributed by atoms with Gasteiger partial charge in [0.15, 0.2) is 5.16 Å². The lowest BCUT2D eigenvalue weighted by atomic mass is 10.0. The second-order valence-electron chi connectivity index (χ2n) is 9.78. The molecule has 5 nitrogen and oxygen atoms in total. The average Bonchev–Trinajstić information content (AvgIpc) is 3.22. The normalized spacial score (nSPS) is 12.0. The number of benzene rings is 2. The van der Waals surface area contributed by atoms with Gasteiger partial charge in [-0.25, -0.2) is 9.97 Å².